The molecule has 0 fully saturated rings. The second kappa shape index (κ2) is 8.43. The first-order valence-corrected chi connectivity index (χ1v) is 6.37. The number of aldehydes is 1. The Labute approximate surface area is 113 Å². The van der Waals surface area contributed by atoms with Gasteiger partial charge >= 0.3 is 5.97 Å². The molecule has 0 saturated heterocycles. The number of rotatable bonds is 8. The lowest BCUT2D eigenvalue weighted by molar-refractivity contribution is -0.146. The summed E-state index contributed by atoms with van der Waals surface area (Å²) in [6, 6.07) is 9.47. The summed E-state index contributed by atoms with van der Waals surface area (Å²) >= 11 is 0. The van der Waals surface area contributed by atoms with Gasteiger partial charge < -0.3 is 14.3 Å². The third-order valence-corrected chi connectivity index (χ3v) is 2.94. The molecule has 0 saturated carbocycles. The van der Waals surface area contributed by atoms with E-state index in [0.29, 0.717) is 6.42 Å². The number of hydrogen-bond donors (Lipinski definition) is 0. The number of methoxy groups -OCH3 is 1. The molecule has 104 valence electrons. The van der Waals surface area contributed by atoms with E-state index in [4.69, 9.17) is 9.47 Å². The van der Waals surface area contributed by atoms with Crippen LogP contribution in [0.5, 0.6) is 0 Å². The van der Waals surface area contributed by atoms with Gasteiger partial charge in [-0.25, -0.2) is 0 Å². The van der Waals surface area contributed by atoms with E-state index < -0.39 is 0 Å². The molecule has 2 unspecified atom stereocenters. The minimum Gasteiger partial charge on any atom is -0.465 e. The summed E-state index contributed by atoms with van der Waals surface area (Å²) in [7, 11) is 1.62. The first kappa shape index (κ1) is 15.4. The third kappa shape index (κ3) is 5.22. The lowest BCUT2D eigenvalue weighted by Crippen LogP contribution is -2.21. The Bertz CT molecular complexity index is 388. The molecule has 0 aliphatic rings. The molecule has 0 radical (unpaired) electrons. The molecule has 4 heteroatoms. The van der Waals surface area contributed by atoms with Gasteiger partial charge in [0.1, 0.15) is 6.29 Å². The van der Waals surface area contributed by atoms with Gasteiger partial charge in [0.05, 0.1) is 18.6 Å². The van der Waals surface area contributed by atoms with Gasteiger partial charge in [-0.15, -0.1) is 0 Å². The second-order valence-electron chi connectivity index (χ2n) is 4.37. The summed E-state index contributed by atoms with van der Waals surface area (Å²) < 4.78 is 10.3. The molecule has 19 heavy (non-hydrogen) atoms. The maximum absolute atomic E-state index is 12.1. The zero-order valence-electron chi connectivity index (χ0n) is 11.4. The average Bonchev–Trinajstić information content (AvgIpc) is 2.45. The Morgan fingerprint density at radius 3 is 2.58 bits per heavy atom. The predicted molar refractivity (Wildman–Crippen MR) is 71.9 cm³/mol. The van der Waals surface area contributed by atoms with Gasteiger partial charge in [-0.3, -0.25) is 4.79 Å². The molecular formula is C15H20O4. The van der Waals surface area contributed by atoms with Crippen LogP contribution in [0.4, 0.5) is 0 Å². The first-order chi connectivity index (χ1) is 9.19. The average molecular weight is 264 g/mol. The molecule has 0 aromatic heterocycles. The highest BCUT2D eigenvalue weighted by Gasteiger charge is 2.24. The molecule has 0 N–H and O–H groups in total. The van der Waals surface area contributed by atoms with Crippen LogP contribution in [0, 0.1) is 0 Å². The summed E-state index contributed by atoms with van der Waals surface area (Å²) in [5.41, 5.74) is 0.905. The molecule has 0 bridgehead atoms. The summed E-state index contributed by atoms with van der Waals surface area (Å²) in [5.74, 6) is -0.667. The van der Waals surface area contributed by atoms with Crippen LogP contribution in [0.1, 0.15) is 31.2 Å². The van der Waals surface area contributed by atoms with Crippen molar-refractivity contribution in [3.8, 4) is 0 Å². The molecule has 2 atom stereocenters. The normalized spacial score (nSPS) is 13.6. The van der Waals surface area contributed by atoms with Crippen molar-refractivity contribution in [2.24, 2.45) is 0 Å². The van der Waals surface area contributed by atoms with Crippen LogP contribution >= 0.6 is 0 Å². The molecule has 0 aliphatic heterocycles. The number of carbonyl (C=O) groups is 2. The summed E-state index contributed by atoms with van der Waals surface area (Å²) in [6.07, 6.45) is 1.49. The molecule has 0 amide bonds. The van der Waals surface area contributed by atoms with Gasteiger partial charge in [0.25, 0.3) is 0 Å². The van der Waals surface area contributed by atoms with E-state index in [1.54, 1.807) is 7.11 Å². The first-order valence-electron chi connectivity index (χ1n) is 6.37. The molecule has 1 aromatic carbocycles. The van der Waals surface area contributed by atoms with Crippen LogP contribution < -0.4 is 0 Å². The SMILES string of the molecule is COC(C)CC(C(=O)OCCC=O)c1ccccc1. The van der Waals surface area contributed by atoms with Crippen molar-refractivity contribution < 1.29 is 19.1 Å². The van der Waals surface area contributed by atoms with Crippen molar-refractivity contribution in [2.75, 3.05) is 13.7 Å². The Morgan fingerprint density at radius 2 is 2.00 bits per heavy atom. The van der Waals surface area contributed by atoms with Gasteiger partial charge in [0.15, 0.2) is 0 Å². The predicted octanol–water partition coefficient (Wildman–Crippen LogP) is 2.33. The highest BCUT2D eigenvalue weighted by Crippen LogP contribution is 2.23. The van der Waals surface area contributed by atoms with Gasteiger partial charge in [-0.2, -0.15) is 0 Å². The highest BCUT2D eigenvalue weighted by molar-refractivity contribution is 5.78. The molecule has 0 aliphatic carbocycles. The van der Waals surface area contributed by atoms with Gasteiger partial charge in [-0.1, -0.05) is 30.3 Å². The number of carbonyl (C=O) groups excluding carboxylic acids is 2. The van der Waals surface area contributed by atoms with Crippen molar-refractivity contribution in [2.45, 2.75) is 31.8 Å². The van der Waals surface area contributed by atoms with Gasteiger partial charge in [0.2, 0.25) is 0 Å². The fourth-order valence-electron chi connectivity index (χ4n) is 1.79. The fourth-order valence-corrected chi connectivity index (χ4v) is 1.79. The van der Waals surface area contributed by atoms with Crippen LogP contribution in [0.2, 0.25) is 0 Å². The molecule has 1 aromatic rings. The maximum Gasteiger partial charge on any atom is 0.313 e. The fraction of sp³-hybridized carbons (Fsp3) is 0.467. The number of hydrogen-bond acceptors (Lipinski definition) is 4. The molecular weight excluding hydrogens is 244 g/mol. The van der Waals surface area contributed by atoms with E-state index in [1.807, 2.05) is 37.3 Å². The van der Waals surface area contributed by atoms with E-state index in [9.17, 15) is 9.59 Å². The maximum atomic E-state index is 12.1. The molecule has 4 nitrogen and oxygen atoms in total. The molecule has 1 rings (SSSR count). The topological polar surface area (TPSA) is 52.6 Å². The van der Waals surface area contributed by atoms with Crippen LogP contribution in [0.15, 0.2) is 30.3 Å². The van der Waals surface area contributed by atoms with Crippen molar-refractivity contribution >= 4 is 12.3 Å². The Balaban J connectivity index is 2.74. The van der Waals surface area contributed by atoms with Crippen molar-refractivity contribution in [1.29, 1.82) is 0 Å². The summed E-state index contributed by atoms with van der Waals surface area (Å²) in [4.78, 5) is 22.3. The molecule has 0 spiro atoms. The largest absolute Gasteiger partial charge is 0.465 e. The monoisotopic (exact) mass is 264 g/mol. The minimum absolute atomic E-state index is 0.0381. The lowest BCUT2D eigenvalue weighted by Gasteiger charge is -2.19. The Kier molecular flexibility index (Phi) is 6.82. The van der Waals surface area contributed by atoms with E-state index in [1.165, 1.54) is 0 Å². The lowest BCUT2D eigenvalue weighted by atomic mass is 9.93. The number of ether oxygens (including phenoxy) is 2. The number of benzene rings is 1. The molecule has 0 heterocycles. The highest BCUT2D eigenvalue weighted by atomic mass is 16.5. The van der Waals surface area contributed by atoms with Crippen molar-refractivity contribution in [3.05, 3.63) is 35.9 Å². The van der Waals surface area contributed by atoms with E-state index in [-0.39, 0.29) is 31.0 Å². The van der Waals surface area contributed by atoms with Crippen LogP contribution in [0.25, 0.3) is 0 Å². The minimum atomic E-state index is -0.359. The standard InChI is InChI=1S/C15H20O4/c1-12(18-2)11-14(13-7-4-3-5-8-13)15(17)19-10-6-9-16/h3-5,7-9,12,14H,6,10-11H2,1-2H3. The van der Waals surface area contributed by atoms with E-state index >= 15 is 0 Å². The van der Waals surface area contributed by atoms with Crippen LogP contribution in [0.3, 0.4) is 0 Å². The van der Waals surface area contributed by atoms with Crippen molar-refractivity contribution in [3.63, 3.8) is 0 Å². The third-order valence-electron chi connectivity index (χ3n) is 2.94. The second-order valence-corrected chi connectivity index (χ2v) is 4.37. The summed E-state index contributed by atoms with van der Waals surface area (Å²) in [6.45, 7) is 2.04. The Hall–Kier alpha value is -1.68. The van der Waals surface area contributed by atoms with E-state index in [2.05, 4.69) is 0 Å². The zero-order chi connectivity index (χ0) is 14.1. The van der Waals surface area contributed by atoms with E-state index in [0.717, 1.165) is 11.8 Å². The smallest absolute Gasteiger partial charge is 0.313 e. The van der Waals surface area contributed by atoms with Gasteiger partial charge in [0, 0.05) is 13.5 Å². The Morgan fingerprint density at radius 1 is 1.32 bits per heavy atom. The summed E-state index contributed by atoms with van der Waals surface area (Å²) in [5, 5.41) is 0. The number of esters is 1. The van der Waals surface area contributed by atoms with Crippen molar-refractivity contribution in [1.82, 2.24) is 0 Å². The van der Waals surface area contributed by atoms with Crippen LogP contribution in [-0.4, -0.2) is 32.1 Å². The quantitative estimate of drug-likeness (QED) is 0.411. The zero-order valence-corrected chi connectivity index (χ0v) is 11.4. The van der Waals surface area contributed by atoms with Gasteiger partial charge in [-0.05, 0) is 18.9 Å². The van der Waals surface area contributed by atoms with Crippen LogP contribution in [-0.2, 0) is 19.1 Å².